The van der Waals surface area contributed by atoms with Crippen LogP contribution in [0.4, 0.5) is 0 Å². The number of aliphatic hydroxyl groups excluding tert-OH is 1. The maximum absolute atomic E-state index is 11.5. The number of hydrogen-bond donors (Lipinski definition) is 1. The van der Waals surface area contributed by atoms with Crippen molar-refractivity contribution in [1.82, 2.24) is 0 Å². The van der Waals surface area contributed by atoms with Gasteiger partial charge < -0.3 is 43.0 Å². The minimum Gasteiger partial charge on any atom is -0.493 e. The Morgan fingerprint density at radius 1 is 0.971 bits per heavy atom. The molecule has 0 bridgehead atoms. The molecule has 2 aliphatic rings. The number of benzene rings is 2. The summed E-state index contributed by atoms with van der Waals surface area (Å²) in [6, 6.07) is 7.47. The zero-order chi connectivity index (χ0) is 25.1. The fraction of sp³-hybridized carbons (Fsp3) is 0.480. The van der Waals surface area contributed by atoms with Crippen molar-refractivity contribution in [2.45, 2.75) is 19.1 Å². The first kappa shape index (κ1) is 24.7. The average molecular weight is 491 g/mol. The van der Waals surface area contributed by atoms with Crippen molar-refractivity contribution in [3.63, 3.8) is 0 Å². The molecule has 0 spiro atoms. The number of carbonyl (C=O) groups excluding carboxylic acids is 1. The Labute approximate surface area is 203 Å². The van der Waals surface area contributed by atoms with Gasteiger partial charge in [0.25, 0.3) is 0 Å². The van der Waals surface area contributed by atoms with Gasteiger partial charge in [0.05, 0.1) is 41.7 Å². The summed E-state index contributed by atoms with van der Waals surface area (Å²) in [6.45, 7) is 1.65. The molecule has 0 radical (unpaired) electrons. The molecule has 0 amide bonds. The summed E-state index contributed by atoms with van der Waals surface area (Å²) in [7, 11) is 6.19. The first-order valence-electron chi connectivity index (χ1n) is 11.1. The van der Waals surface area contributed by atoms with Crippen molar-refractivity contribution in [3.8, 4) is 34.5 Å². The van der Waals surface area contributed by atoms with Crippen LogP contribution in [0.25, 0.3) is 0 Å². The van der Waals surface area contributed by atoms with Crippen molar-refractivity contribution in [3.05, 3.63) is 35.4 Å². The summed E-state index contributed by atoms with van der Waals surface area (Å²) in [4.78, 5) is 11.5. The van der Waals surface area contributed by atoms with Gasteiger partial charge in [-0.15, -0.1) is 0 Å². The molecule has 1 unspecified atom stereocenters. The lowest BCUT2D eigenvalue weighted by atomic mass is 9.75. The highest BCUT2D eigenvalue weighted by Crippen LogP contribution is 2.50. The number of carbonyl (C=O) groups is 1. The molecule has 10 nitrogen and oxygen atoms in total. The largest absolute Gasteiger partial charge is 0.493 e. The van der Waals surface area contributed by atoms with Gasteiger partial charge in [-0.25, -0.2) is 0 Å². The van der Waals surface area contributed by atoms with Crippen LogP contribution in [0.2, 0.25) is 0 Å². The monoisotopic (exact) mass is 490 g/mol. The van der Waals surface area contributed by atoms with E-state index in [-0.39, 0.29) is 31.8 Å². The molecule has 2 aromatic carbocycles. The SMILES string of the molecule is COc1cc(C(c2cc(OC)c3c(c2)OCO3)[C@H]2CO[C@H](O)[C@H]2COC(C)=O)cc(OC)c1OC. The second-order valence-corrected chi connectivity index (χ2v) is 8.25. The molecule has 0 aromatic heterocycles. The summed E-state index contributed by atoms with van der Waals surface area (Å²) < 4.78 is 44.4. The summed E-state index contributed by atoms with van der Waals surface area (Å²) in [6.07, 6.45) is -1.10. The maximum atomic E-state index is 11.5. The van der Waals surface area contributed by atoms with Crippen molar-refractivity contribution in [1.29, 1.82) is 0 Å². The lowest BCUT2D eigenvalue weighted by Crippen LogP contribution is -2.30. The molecule has 4 atom stereocenters. The number of hydrogen-bond acceptors (Lipinski definition) is 10. The predicted molar refractivity (Wildman–Crippen MR) is 123 cm³/mol. The van der Waals surface area contributed by atoms with Gasteiger partial charge in [-0.2, -0.15) is 0 Å². The Bertz CT molecular complexity index is 1040. The van der Waals surface area contributed by atoms with Crippen molar-refractivity contribution in [2.75, 3.05) is 48.4 Å². The minimum absolute atomic E-state index is 0.00375. The number of esters is 1. The van der Waals surface area contributed by atoms with Crippen LogP contribution in [0.3, 0.4) is 0 Å². The second-order valence-electron chi connectivity index (χ2n) is 8.25. The summed E-state index contributed by atoms with van der Waals surface area (Å²) in [5.74, 6) is 1.46. The van der Waals surface area contributed by atoms with Crippen LogP contribution in [0.5, 0.6) is 34.5 Å². The summed E-state index contributed by atoms with van der Waals surface area (Å²) in [5, 5.41) is 10.6. The Balaban J connectivity index is 1.88. The molecule has 10 heteroatoms. The highest BCUT2D eigenvalue weighted by atomic mass is 16.7. The van der Waals surface area contributed by atoms with Gasteiger partial charge in [0.2, 0.25) is 18.3 Å². The van der Waals surface area contributed by atoms with Gasteiger partial charge in [-0.05, 0) is 35.4 Å². The summed E-state index contributed by atoms with van der Waals surface area (Å²) >= 11 is 0. The van der Waals surface area contributed by atoms with E-state index < -0.39 is 18.2 Å². The molecule has 2 aromatic rings. The van der Waals surface area contributed by atoms with Crippen LogP contribution in [0, 0.1) is 11.8 Å². The third kappa shape index (κ3) is 4.76. The van der Waals surface area contributed by atoms with Gasteiger partial charge in [-0.3, -0.25) is 4.79 Å². The number of ether oxygens (including phenoxy) is 8. The quantitative estimate of drug-likeness (QED) is 0.527. The second kappa shape index (κ2) is 10.5. The molecule has 2 heterocycles. The first-order valence-corrected chi connectivity index (χ1v) is 11.1. The zero-order valence-electron chi connectivity index (χ0n) is 20.4. The highest BCUT2D eigenvalue weighted by Gasteiger charge is 2.43. The number of fused-ring (bicyclic) bond motifs is 1. The van der Waals surface area contributed by atoms with Crippen LogP contribution >= 0.6 is 0 Å². The van der Waals surface area contributed by atoms with Gasteiger partial charge in [0, 0.05) is 24.7 Å². The van der Waals surface area contributed by atoms with Crippen molar-refractivity contribution >= 4 is 5.97 Å². The van der Waals surface area contributed by atoms with Gasteiger partial charge >= 0.3 is 5.97 Å². The van der Waals surface area contributed by atoms with Crippen LogP contribution in [-0.2, 0) is 14.3 Å². The minimum atomic E-state index is -1.10. The zero-order valence-corrected chi connectivity index (χ0v) is 20.4. The normalized spacial score (nSPS) is 21.4. The van der Waals surface area contributed by atoms with Crippen LogP contribution in [-0.4, -0.2) is 65.8 Å². The molecule has 35 heavy (non-hydrogen) atoms. The highest BCUT2D eigenvalue weighted by molar-refractivity contribution is 5.66. The molecule has 0 saturated carbocycles. The Hall–Kier alpha value is -3.37. The lowest BCUT2D eigenvalue weighted by Gasteiger charge is -2.30. The van der Waals surface area contributed by atoms with Gasteiger partial charge in [-0.1, -0.05) is 0 Å². The van der Waals surface area contributed by atoms with E-state index in [4.69, 9.17) is 37.9 Å². The third-order valence-corrected chi connectivity index (χ3v) is 6.37. The van der Waals surface area contributed by atoms with E-state index in [1.807, 2.05) is 24.3 Å². The average Bonchev–Trinajstić information content (AvgIpc) is 3.48. The van der Waals surface area contributed by atoms with E-state index >= 15 is 0 Å². The lowest BCUT2D eigenvalue weighted by molar-refractivity contribution is -0.147. The maximum Gasteiger partial charge on any atom is 0.302 e. The van der Waals surface area contributed by atoms with Gasteiger partial charge in [0.1, 0.15) is 0 Å². The van der Waals surface area contributed by atoms with E-state index in [1.165, 1.54) is 14.0 Å². The molecular formula is C25H30O10. The molecule has 2 aliphatic heterocycles. The van der Waals surface area contributed by atoms with E-state index in [2.05, 4.69) is 0 Å². The van der Waals surface area contributed by atoms with Crippen LogP contribution in [0.1, 0.15) is 24.0 Å². The number of rotatable bonds is 9. The Morgan fingerprint density at radius 3 is 2.20 bits per heavy atom. The standard InChI is InChI=1S/C25H30O10/c1-13(26)32-11-17-16(10-33-25(17)27)22(14-6-18(28-2)23(31-5)19(7-14)29-3)15-8-20(30-4)24-21(9-15)34-12-35-24/h6-9,16-17,22,25,27H,10-12H2,1-5H3/t16-,17-,22?,25-/m0/s1. The molecule has 1 N–H and O–H groups in total. The number of aliphatic hydroxyl groups is 1. The molecule has 1 fully saturated rings. The van der Waals surface area contributed by atoms with Crippen molar-refractivity contribution in [2.24, 2.45) is 11.8 Å². The van der Waals surface area contributed by atoms with E-state index in [9.17, 15) is 9.90 Å². The first-order chi connectivity index (χ1) is 16.9. The van der Waals surface area contributed by atoms with E-state index in [0.29, 0.717) is 34.5 Å². The van der Waals surface area contributed by atoms with Crippen molar-refractivity contribution < 1.29 is 47.8 Å². The fourth-order valence-corrected chi connectivity index (χ4v) is 4.73. The van der Waals surface area contributed by atoms with Crippen LogP contribution in [0.15, 0.2) is 24.3 Å². The Morgan fingerprint density at radius 2 is 1.60 bits per heavy atom. The molecular weight excluding hydrogens is 460 g/mol. The Kier molecular flexibility index (Phi) is 7.42. The summed E-state index contributed by atoms with van der Waals surface area (Å²) in [5.41, 5.74) is 1.65. The van der Waals surface area contributed by atoms with E-state index in [0.717, 1.165) is 11.1 Å². The fourth-order valence-electron chi connectivity index (χ4n) is 4.73. The topological polar surface area (TPSA) is 111 Å². The predicted octanol–water partition coefficient (Wildman–Crippen LogP) is 2.73. The van der Waals surface area contributed by atoms with E-state index in [1.54, 1.807) is 21.3 Å². The molecule has 190 valence electrons. The van der Waals surface area contributed by atoms with Crippen LogP contribution < -0.4 is 28.4 Å². The molecule has 4 rings (SSSR count). The number of methoxy groups -OCH3 is 4. The smallest absolute Gasteiger partial charge is 0.302 e. The molecule has 0 aliphatic carbocycles. The third-order valence-electron chi connectivity index (χ3n) is 6.37. The molecule has 1 saturated heterocycles. The van der Waals surface area contributed by atoms with Gasteiger partial charge in [0.15, 0.2) is 29.3 Å².